The maximum absolute atomic E-state index is 11.8. The topological polar surface area (TPSA) is 21.5 Å². The first kappa shape index (κ1) is 12.7. The number of Topliss-reactive ketones (excluding diaryl/α,β-unsaturated/α-hetero) is 1. The van der Waals surface area contributed by atoms with Gasteiger partial charge in [-0.15, -0.1) is 0 Å². The van der Waals surface area contributed by atoms with Gasteiger partial charge < -0.3 is 4.90 Å². The van der Waals surface area contributed by atoms with E-state index in [-0.39, 0.29) is 0 Å². The predicted molar refractivity (Wildman–Crippen MR) is 63.0 cm³/mol. The van der Waals surface area contributed by atoms with Crippen LogP contribution in [0.4, 0.5) is 0 Å². The SMILES string of the molecule is C[NH+](C)C[C@H]1C[C@H](C(C)(C)C)CCC1=O. The molecule has 2 heteroatoms. The molecular formula is C13H26NO+. The lowest BCUT2D eigenvalue weighted by molar-refractivity contribution is -0.861. The summed E-state index contributed by atoms with van der Waals surface area (Å²) in [4.78, 5) is 13.2. The molecule has 15 heavy (non-hydrogen) atoms. The van der Waals surface area contributed by atoms with E-state index in [0.29, 0.717) is 17.1 Å². The molecule has 0 aromatic rings. The Labute approximate surface area is 94.0 Å². The molecule has 2 nitrogen and oxygen atoms in total. The lowest BCUT2D eigenvalue weighted by Gasteiger charge is -2.36. The van der Waals surface area contributed by atoms with Gasteiger partial charge in [0.2, 0.25) is 0 Å². The molecule has 1 aliphatic carbocycles. The molecule has 0 spiro atoms. The number of quaternary nitrogens is 1. The van der Waals surface area contributed by atoms with Crippen molar-refractivity contribution in [1.82, 2.24) is 0 Å². The summed E-state index contributed by atoms with van der Waals surface area (Å²) in [6.45, 7) is 7.90. The van der Waals surface area contributed by atoms with Crippen molar-refractivity contribution in [3.63, 3.8) is 0 Å². The Morgan fingerprint density at radius 1 is 1.33 bits per heavy atom. The molecule has 88 valence electrons. The first-order valence-electron chi connectivity index (χ1n) is 6.12. The van der Waals surface area contributed by atoms with E-state index in [0.717, 1.165) is 31.7 Å². The van der Waals surface area contributed by atoms with Gasteiger partial charge in [-0.1, -0.05) is 20.8 Å². The average Bonchev–Trinajstić information content (AvgIpc) is 2.06. The van der Waals surface area contributed by atoms with E-state index >= 15 is 0 Å². The van der Waals surface area contributed by atoms with Crippen LogP contribution in [0.1, 0.15) is 40.0 Å². The van der Waals surface area contributed by atoms with E-state index < -0.39 is 0 Å². The highest BCUT2D eigenvalue weighted by Gasteiger charge is 2.35. The molecule has 1 saturated carbocycles. The normalized spacial score (nSPS) is 28.5. The van der Waals surface area contributed by atoms with Crippen LogP contribution in [0.15, 0.2) is 0 Å². The molecule has 0 amide bonds. The Balaban J connectivity index is 2.60. The molecular weight excluding hydrogens is 186 g/mol. The van der Waals surface area contributed by atoms with E-state index in [1.54, 1.807) is 0 Å². The third-order valence-electron chi connectivity index (χ3n) is 3.64. The fourth-order valence-electron chi connectivity index (χ4n) is 2.59. The number of carbonyl (C=O) groups is 1. The number of hydrogen-bond acceptors (Lipinski definition) is 1. The van der Waals surface area contributed by atoms with Gasteiger partial charge in [-0.25, -0.2) is 0 Å². The quantitative estimate of drug-likeness (QED) is 0.729. The van der Waals surface area contributed by atoms with E-state index in [4.69, 9.17) is 0 Å². The monoisotopic (exact) mass is 212 g/mol. The second-order valence-electron chi connectivity index (χ2n) is 6.41. The maximum atomic E-state index is 11.8. The molecule has 2 atom stereocenters. The van der Waals surface area contributed by atoms with Gasteiger partial charge in [0.1, 0.15) is 5.78 Å². The van der Waals surface area contributed by atoms with Crippen molar-refractivity contribution in [2.45, 2.75) is 40.0 Å². The molecule has 0 unspecified atom stereocenters. The average molecular weight is 212 g/mol. The Morgan fingerprint density at radius 2 is 1.93 bits per heavy atom. The van der Waals surface area contributed by atoms with Crippen LogP contribution in [0.25, 0.3) is 0 Å². The van der Waals surface area contributed by atoms with Crippen LogP contribution >= 0.6 is 0 Å². The minimum Gasteiger partial charge on any atom is -0.339 e. The van der Waals surface area contributed by atoms with Crippen LogP contribution in [0.2, 0.25) is 0 Å². The van der Waals surface area contributed by atoms with Gasteiger partial charge in [-0.3, -0.25) is 4.79 Å². The Bertz CT molecular complexity index is 227. The van der Waals surface area contributed by atoms with Gasteiger partial charge in [-0.2, -0.15) is 0 Å². The zero-order chi connectivity index (χ0) is 11.6. The van der Waals surface area contributed by atoms with Crippen molar-refractivity contribution in [3.8, 4) is 0 Å². The molecule has 1 rings (SSSR count). The van der Waals surface area contributed by atoms with E-state index in [1.165, 1.54) is 4.90 Å². The van der Waals surface area contributed by atoms with Crippen LogP contribution in [-0.2, 0) is 4.79 Å². The summed E-state index contributed by atoms with van der Waals surface area (Å²) in [5.41, 5.74) is 0.362. The van der Waals surface area contributed by atoms with Crippen molar-refractivity contribution in [2.24, 2.45) is 17.3 Å². The van der Waals surface area contributed by atoms with Crippen molar-refractivity contribution < 1.29 is 9.69 Å². The van der Waals surface area contributed by atoms with E-state index in [2.05, 4.69) is 34.9 Å². The smallest absolute Gasteiger partial charge is 0.141 e. The van der Waals surface area contributed by atoms with Gasteiger partial charge in [0.15, 0.2) is 0 Å². The van der Waals surface area contributed by atoms with Gasteiger partial charge in [-0.05, 0) is 24.2 Å². The second kappa shape index (κ2) is 4.65. The van der Waals surface area contributed by atoms with Gasteiger partial charge in [0, 0.05) is 6.42 Å². The standard InChI is InChI=1S/C13H25NO/c1-13(2,3)11-6-7-12(15)10(8-11)9-14(4)5/h10-11H,6-9H2,1-5H3/p+1/t10-,11-/m1/s1. The molecule has 0 radical (unpaired) electrons. The molecule has 0 aromatic carbocycles. The summed E-state index contributed by atoms with van der Waals surface area (Å²) >= 11 is 0. The zero-order valence-corrected chi connectivity index (χ0v) is 10.9. The third-order valence-corrected chi connectivity index (χ3v) is 3.64. The van der Waals surface area contributed by atoms with E-state index in [9.17, 15) is 4.79 Å². The molecule has 0 aliphatic heterocycles. The number of ketones is 1. The van der Waals surface area contributed by atoms with Crippen molar-refractivity contribution >= 4 is 5.78 Å². The fourth-order valence-corrected chi connectivity index (χ4v) is 2.59. The number of hydrogen-bond donors (Lipinski definition) is 1. The number of nitrogens with one attached hydrogen (secondary N) is 1. The Kier molecular flexibility index (Phi) is 3.93. The molecule has 0 aromatic heterocycles. The van der Waals surface area contributed by atoms with Crippen molar-refractivity contribution in [3.05, 3.63) is 0 Å². The largest absolute Gasteiger partial charge is 0.339 e. The third kappa shape index (κ3) is 3.60. The van der Waals surface area contributed by atoms with Crippen LogP contribution in [0.3, 0.4) is 0 Å². The molecule has 1 N–H and O–H groups in total. The van der Waals surface area contributed by atoms with Gasteiger partial charge in [0.25, 0.3) is 0 Å². The van der Waals surface area contributed by atoms with Crippen molar-refractivity contribution in [2.75, 3.05) is 20.6 Å². The Morgan fingerprint density at radius 3 is 2.40 bits per heavy atom. The number of rotatable bonds is 2. The van der Waals surface area contributed by atoms with Crippen LogP contribution < -0.4 is 4.90 Å². The van der Waals surface area contributed by atoms with Crippen LogP contribution in [0.5, 0.6) is 0 Å². The first-order valence-corrected chi connectivity index (χ1v) is 6.12. The molecule has 0 heterocycles. The highest BCUT2D eigenvalue weighted by Crippen LogP contribution is 2.38. The Hall–Kier alpha value is -0.370. The van der Waals surface area contributed by atoms with Crippen LogP contribution in [0, 0.1) is 17.3 Å². The highest BCUT2D eigenvalue weighted by molar-refractivity contribution is 5.81. The van der Waals surface area contributed by atoms with Crippen LogP contribution in [-0.4, -0.2) is 26.4 Å². The minimum atomic E-state index is 0.313. The summed E-state index contributed by atoms with van der Waals surface area (Å²) in [7, 11) is 4.27. The first-order chi connectivity index (χ1) is 6.80. The summed E-state index contributed by atoms with van der Waals surface area (Å²) in [6.07, 6.45) is 3.01. The molecule has 1 aliphatic rings. The summed E-state index contributed by atoms with van der Waals surface area (Å²) < 4.78 is 0. The number of carbonyl (C=O) groups excluding carboxylic acids is 1. The molecule has 0 saturated heterocycles. The predicted octanol–water partition coefficient (Wildman–Crippen LogP) is 1.16. The lowest BCUT2D eigenvalue weighted by atomic mass is 9.68. The fraction of sp³-hybridized carbons (Fsp3) is 0.923. The van der Waals surface area contributed by atoms with Crippen molar-refractivity contribution in [1.29, 1.82) is 0 Å². The maximum Gasteiger partial charge on any atom is 0.141 e. The summed E-state index contributed by atoms with van der Waals surface area (Å²) in [5, 5.41) is 0. The summed E-state index contributed by atoms with van der Waals surface area (Å²) in [6, 6.07) is 0. The summed E-state index contributed by atoms with van der Waals surface area (Å²) in [5.74, 6) is 1.53. The lowest BCUT2D eigenvalue weighted by Crippen LogP contribution is -3.06. The van der Waals surface area contributed by atoms with Gasteiger partial charge in [0.05, 0.1) is 26.6 Å². The zero-order valence-electron chi connectivity index (χ0n) is 10.9. The van der Waals surface area contributed by atoms with Gasteiger partial charge >= 0.3 is 0 Å². The second-order valence-corrected chi connectivity index (χ2v) is 6.41. The molecule has 1 fully saturated rings. The van der Waals surface area contributed by atoms with E-state index in [1.807, 2.05) is 0 Å². The molecule has 0 bridgehead atoms. The minimum absolute atomic E-state index is 0.313. The highest BCUT2D eigenvalue weighted by atomic mass is 16.1.